The highest BCUT2D eigenvalue weighted by atomic mass is 32.2. The Labute approximate surface area is 112 Å². The van der Waals surface area contributed by atoms with Crippen molar-refractivity contribution < 1.29 is 13.3 Å². The highest BCUT2D eigenvalue weighted by molar-refractivity contribution is 7.89. The summed E-state index contributed by atoms with van der Waals surface area (Å²) in [5.74, 6) is -0.265. The SMILES string of the molecule is CC(NS(=O)(=O)c1ccc([N+](=O)[O-])nc1)c1nn[nH]n1. The molecule has 2 heterocycles. The molecule has 2 N–H and O–H groups in total. The molecular weight excluding hydrogens is 290 g/mol. The van der Waals surface area contributed by atoms with E-state index in [1.807, 2.05) is 0 Å². The molecule has 0 radical (unpaired) electrons. The number of H-pyrrole nitrogens is 1. The van der Waals surface area contributed by atoms with Crippen molar-refractivity contribution in [1.29, 1.82) is 0 Å². The van der Waals surface area contributed by atoms with Crippen LogP contribution >= 0.6 is 0 Å². The fourth-order valence-electron chi connectivity index (χ4n) is 1.35. The van der Waals surface area contributed by atoms with Gasteiger partial charge in [-0.15, -0.1) is 10.2 Å². The van der Waals surface area contributed by atoms with Crippen LogP contribution in [-0.2, 0) is 10.0 Å². The minimum absolute atomic E-state index is 0.170. The molecule has 106 valence electrons. The Kier molecular flexibility index (Phi) is 3.67. The van der Waals surface area contributed by atoms with Gasteiger partial charge in [-0.05, 0) is 22.9 Å². The van der Waals surface area contributed by atoms with Gasteiger partial charge in [0.15, 0.2) is 12.0 Å². The summed E-state index contributed by atoms with van der Waals surface area (Å²) in [5, 5.41) is 23.3. The van der Waals surface area contributed by atoms with Gasteiger partial charge in [-0.25, -0.2) is 13.1 Å². The smallest absolute Gasteiger partial charge is 0.358 e. The van der Waals surface area contributed by atoms with Gasteiger partial charge in [-0.1, -0.05) is 5.21 Å². The van der Waals surface area contributed by atoms with E-state index < -0.39 is 26.8 Å². The van der Waals surface area contributed by atoms with Crippen molar-refractivity contribution in [3.63, 3.8) is 0 Å². The van der Waals surface area contributed by atoms with Gasteiger partial charge in [0.25, 0.3) is 0 Å². The zero-order valence-electron chi connectivity index (χ0n) is 10.1. The van der Waals surface area contributed by atoms with Gasteiger partial charge in [0, 0.05) is 6.07 Å². The predicted molar refractivity (Wildman–Crippen MR) is 63.8 cm³/mol. The van der Waals surface area contributed by atoms with Crippen LogP contribution in [0, 0.1) is 10.1 Å². The first-order chi connectivity index (χ1) is 9.40. The zero-order valence-corrected chi connectivity index (χ0v) is 10.9. The maximum Gasteiger partial charge on any atom is 0.363 e. The molecule has 1 unspecified atom stereocenters. The first-order valence-corrected chi connectivity index (χ1v) is 6.74. The van der Waals surface area contributed by atoms with E-state index in [0.29, 0.717) is 0 Å². The van der Waals surface area contributed by atoms with Gasteiger partial charge in [-0.2, -0.15) is 5.21 Å². The van der Waals surface area contributed by atoms with E-state index >= 15 is 0 Å². The topological polar surface area (TPSA) is 157 Å². The number of nitrogens with one attached hydrogen (secondary N) is 2. The molecule has 0 amide bonds. The average molecular weight is 299 g/mol. The van der Waals surface area contributed by atoms with Crippen LogP contribution in [0.1, 0.15) is 18.8 Å². The summed E-state index contributed by atoms with van der Waals surface area (Å²) in [6, 6.07) is 1.39. The van der Waals surface area contributed by atoms with Crippen molar-refractivity contribution in [1.82, 2.24) is 30.3 Å². The Hall–Kier alpha value is -2.47. The first-order valence-electron chi connectivity index (χ1n) is 5.26. The molecule has 2 aromatic heterocycles. The fourth-order valence-corrected chi connectivity index (χ4v) is 2.49. The molecule has 0 aliphatic rings. The molecule has 0 spiro atoms. The molecule has 20 heavy (non-hydrogen) atoms. The number of nitro groups is 1. The second kappa shape index (κ2) is 5.26. The predicted octanol–water partition coefficient (Wildman–Crippen LogP) is -0.458. The summed E-state index contributed by atoms with van der Waals surface area (Å²) in [6.45, 7) is 1.53. The Bertz CT molecular complexity index is 697. The number of hydrogen-bond donors (Lipinski definition) is 2. The van der Waals surface area contributed by atoms with Crippen molar-refractivity contribution in [3.8, 4) is 0 Å². The lowest BCUT2D eigenvalue weighted by Crippen LogP contribution is -2.27. The summed E-state index contributed by atoms with van der Waals surface area (Å²) in [6.07, 6.45) is 0.906. The highest BCUT2D eigenvalue weighted by Crippen LogP contribution is 2.15. The van der Waals surface area contributed by atoms with Gasteiger partial charge >= 0.3 is 5.82 Å². The molecule has 12 heteroatoms. The van der Waals surface area contributed by atoms with Crippen LogP contribution < -0.4 is 4.72 Å². The molecule has 1 atom stereocenters. The van der Waals surface area contributed by atoms with Crippen molar-refractivity contribution in [3.05, 3.63) is 34.3 Å². The number of aromatic nitrogens is 5. The number of rotatable bonds is 5. The number of sulfonamides is 1. The largest absolute Gasteiger partial charge is 0.363 e. The van der Waals surface area contributed by atoms with Crippen molar-refractivity contribution in [2.24, 2.45) is 0 Å². The lowest BCUT2D eigenvalue weighted by atomic mass is 10.4. The summed E-state index contributed by atoms with van der Waals surface area (Å²) in [5.41, 5.74) is 0. The molecule has 0 fully saturated rings. The third kappa shape index (κ3) is 2.92. The number of aromatic amines is 1. The van der Waals surface area contributed by atoms with Crippen molar-refractivity contribution >= 4 is 15.8 Å². The van der Waals surface area contributed by atoms with Crippen LogP contribution in [0.4, 0.5) is 5.82 Å². The number of tetrazole rings is 1. The van der Waals surface area contributed by atoms with E-state index in [-0.39, 0.29) is 10.7 Å². The monoisotopic (exact) mass is 299 g/mol. The van der Waals surface area contributed by atoms with E-state index in [0.717, 1.165) is 18.3 Å². The van der Waals surface area contributed by atoms with Gasteiger partial charge < -0.3 is 10.1 Å². The minimum Gasteiger partial charge on any atom is -0.358 e. The second-order valence-corrected chi connectivity index (χ2v) is 5.44. The average Bonchev–Trinajstić information content (AvgIpc) is 2.92. The number of nitrogens with zero attached hydrogens (tertiary/aromatic N) is 5. The summed E-state index contributed by atoms with van der Waals surface area (Å²) in [4.78, 5) is 13.0. The number of hydrogen-bond acceptors (Lipinski definition) is 8. The van der Waals surface area contributed by atoms with Crippen LogP contribution in [0.15, 0.2) is 23.2 Å². The lowest BCUT2D eigenvalue weighted by molar-refractivity contribution is -0.389. The Morgan fingerprint density at radius 1 is 1.45 bits per heavy atom. The van der Waals surface area contributed by atoms with E-state index in [1.165, 1.54) is 6.92 Å². The summed E-state index contributed by atoms with van der Waals surface area (Å²) < 4.78 is 26.3. The minimum atomic E-state index is -3.88. The summed E-state index contributed by atoms with van der Waals surface area (Å²) in [7, 11) is -3.88. The Morgan fingerprint density at radius 2 is 2.20 bits per heavy atom. The van der Waals surface area contributed by atoms with E-state index in [1.54, 1.807) is 0 Å². The maximum atomic E-state index is 12.0. The van der Waals surface area contributed by atoms with Gasteiger partial charge in [0.2, 0.25) is 10.0 Å². The van der Waals surface area contributed by atoms with Crippen molar-refractivity contribution in [2.75, 3.05) is 0 Å². The quantitative estimate of drug-likeness (QED) is 0.554. The summed E-state index contributed by atoms with van der Waals surface area (Å²) >= 11 is 0. The number of pyridine rings is 1. The Balaban J connectivity index is 2.20. The molecule has 11 nitrogen and oxygen atoms in total. The molecule has 2 aromatic rings. The first kappa shape index (κ1) is 14.0. The van der Waals surface area contributed by atoms with E-state index in [9.17, 15) is 18.5 Å². The fraction of sp³-hybridized carbons (Fsp3) is 0.250. The second-order valence-electron chi connectivity index (χ2n) is 3.72. The molecule has 2 rings (SSSR count). The molecule has 0 aliphatic heterocycles. The molecule has 0 bridgehead atoms. The van der Waals surface area contributed by atoms with Crippen LogP contribution in [0.2, 0.25) is 0 Å². The molecule has 0 aromatic carbocycles. The highest BCUT2D eigenvalue weighted by Gasteiger charge is 2.22. The van der Waals surface area contributed by atoms with Crippen LogP contribution in [0.3, 0.4) is 0 Å². The van der Waals surface area contributed by atoms with Crippen LogP contribution in [0.25, 0.3) is 0 Å². The van der Waals surface area contributed by atoms with Gasteiger partial charge in [0.05, 0.1) is 6.04 Å². The third-order valence-electron chi connectivity index (χ3n) is 2.30. The maximum absolute atomic E-state index is 12.0. The molecule has 0 saturated carbocycles. The van der Waals surface area contributed by atoms with E-state index in [4.69, 9.17) is 0 Å². The van der Waals surface area contributed by atoms with E-state index in [2.05, 4.69) is 30.3 Å². The normalized spacial score (nSPS) is 13.1. The van der Waals surface area contributed by atoms with Gasteiger partial charge in [-0.3, -0.25) is 0 Å². The molecule has 0 saturated heterocycles. The Morgan fingerprint density at radius 3 is 2.70 bits per heavy atom. The third-order valence-corrected chi connectivity index (χ3v) is 3.82. The molecular formula is C8H9N7O4S. The zero-order chi connectivity index (χ0) is 14.8. The standard InChI is InChI=1S/C8H9N7O4S/c1-5(8-10-13-14-11-8)12-20(18,19)6-2-3-7(9-4-6)15(16)17/h2-5,12H,1H3,(H,10,11,13,14). The van der Waals surface area contributed by atoms with Crippen LogP contribution in [-0.4, -0.2) is 38.9 Å². The van der Waals surface area contributed by atoms with Crippen LogP contribution in [0.5, 0.6) is 0 Å². The lowest BCUT2D eigenvalue weighted by Gasteiger charge is -2.09. The van der Waals surface area contributed by atoms with Crippen molar-refractivity contribution in [2.45, 2.75) is 17.9 Å². The molecule has 0 aliphatic carbocycles. The van der Waals surface area contributed by atoms with Gasteiger partial charge in [0.1, 0.15) is 4.90 Å².